The van der Waals surface area contributed by atoms with Crippen molar-refractivity contribution in [2.45, 2.75) is 78.1 Å². The summed E-state index contributed by atoms with van der Waals surface area (Å²) in [6.45, 7) is 8.87. The molecule has 1 aliphatic rings. The van der Waals surface area contributed by atoms with Gasteiger partial charge in [-0.1, -0.05) is 46.0 Å². The summed E-state index contributed by atoms with van der Waals surface area (Å²) in [6.07, 6.45) is 13.4. The second-order valence-corrected chi connectivity index (χ2v) is 6.75. The summed E-state index contributed by atoms with van der Waals surface area (Å²) < 4.78 is 0. The van der Waals surface area contributed by atoms with Gasteiger partial charge in [0.05, 0.1) is 0 Å². The third kappa shape index (κ3) is 8.49. The van der Waals surface area contributed by atoms with Crippen molar-refractivity contribution in [1.29, 1.82) is 0 Å². The first kappa shape index (κ1) is 20.2. The SMILES string of the molecule is CCCCCCCC1(C)CCN(CCCCO)CC1.Cl. The third-order valence-electron chi connectivity index (χ3n) is 4.83. The maximum Gasteiger partial charge on any atom is 0.0431 e. The predicted octanol–water partition coefficient (Wildman–Crippen LogP) is 4.64. The lowest BCUT2D eigenvalue weighted by atomic mass is 9.76. The summed E-state index contributed by atoms with van der Waals surface area (Å²) >= 11 is 0. The Balaban J connectivity index is 0.00000361. The number of nitrogens with zero attached hydrogens (tertiary/aromatic N) is 1. The van der Waals surface area contributed by atoms with Crippen molar-refractivity contribution in [3.63, 3.8) is 0 Å². The highest BCUT2D eigenvalue weighted by Gasteiger charge is 2.28. The van der Waals surface area contributed by atoms with Gasteiger partial charge in [-0.2, -0.15) is 0 Å². The van der Waals surface area contributed by atoms with Crippen molar-refractivity contribution >= 4 is 12.4 Å². The minimum Gasteiger partial charge on any atom is -0.396 e. The molecule has 2 nitrogen and oxygen atoms in total. The van der Waals surface area contributed by atoms with Gasteiger partial charge < -0.3 is 10.0 Å². The normalized spacial score (nSPS) is 18.8. The van der Waals surface area contributed by atoms with E-state index in [1.165, 1.54) is 71.0 Å². The molecule has 0 radical (unpaired) electrons. The maximum absolute atomic E-state index is 8.82. The molecule has 0 amide bonds. The third-order valence-corrected chi connectivity index (χ3v) is 4.83. The van der Waals surface area contributed by atoms with E-state index >= 15 is 0 Å². The molecule has 1 aliphatic heterocycles. The molecule has 0 bridgehead atoms. The lowest BCUT2D eigenvalue weighted by molar-refractivity contribution is 0.105. The van der Waals surface area contributed by atoms with Gasteiger partial charge in [-0.25, -0.2) is 0 Å². The minimum atomic E-state index is 0. The number of hydrogen-bond donors (Lipinski definition) is 1. The molecule has 122 valence electrons. The summed E-state index contributed by atoms with van der Waals surface area (Å²) in [7, 11) is 0. The number of rotatable bonds is 10. The Kier molecular flexibility index (Phi) is 11.9. The highest BCUT2D eigenvalue weighted by atomic mass is 35.5. The number of hydrogen-bond acceptors (Lipinski definition) is 2. The van der Waals surface area contributed by atoms with Crippen LogP contribution in [0, 0.1) is 5.41 Å². The van der Waals surface area contributed by atoms with E-state index in [1.807, 2.05) is 0 Å². The maximum atomic E-state index is 8.82. The van der Waals surface area contributed by atoms with Gasteiger partial charge in [0.25, 0.3) is 0 Å². The molecule has 3 heteroatoms. The molecule has 1 fully saturated rings. The first-order valence-electron chi connectivity index (χ1n) is 8.53. The second kappa shape index (κ2) is 11.8. The smallest absolute Gasteiger partial charge is 0.0431 e. The van der Waals surface area contributed by atoms with Crippen LogP contribution in [0.1, 0.15) is 78.1 Å². The summed E-state index contributed by atoms with van der Waals surface area (Å²) in [5, 5.41) is 8.82. The van der Waals surface area contributed by atoms with Gasteiger partial charge in [0.1, 0.15) is 0 Å². The Morgan fingerprint density at radius 2 is 1.60 bits per heavy atom. The van der Waals surface area contributed by atoms with E-state index < -0.39 is 0 Å². The molecule has 1 saturated heterocycles. The second-order valence-electron chi connectivity index (χ2n) is 6.75. The van der Waals surface area contributed by atoms with Crippen LogP contribution in [0.5, 0.6) is 0 Å². The zero-order chi connectivity index (χ0) is 14.0. The first-order chi connectivity index (χ1) is 9.20. The Labute approximate surface area is 132 Å². The van der Waals surface area contributed by atoms with Crippen molar-refractivity contribution in [2.75, 3.05) is 26.2 Å². The van der Waals surface area contributed by atoms with Crippen molar-refractivity contribution in [3.8, 4) is 0 Å². The molecule has 0 aliphatic carbocycles. The lowest BCUT2D eigenvalue weighted by Crippen LogP contribution is -2.39. The molecule has 0 aromatic heterocycles. The van der Waals surface area contributed by atoms with Crippen LogP contribution < -0.4 is 0 Å². The Hall–Kier alpha value is 0.210. The molecule has 0 spiro atoms. The van der Waals surface area contributed by atoms with Gasteiger partial charge in [0.15, 0.2) is 0 Å². The van der Waals surface area contributed by atoms with Crippen LogP contribution in [-0.2, 0) is 0 Å². The van der Waals surface area contributed by atoms with Crippen LogP contribution in [0.4, 0.5) is 0 Å². The zero-order valence-corrected chi connectivity index (χ0v) is 14.5. The largest absolute Gasteiger partial charge is 0.396 e. The van der Waals surface area contributed by atoms with Crippen molar-refractivity contribution in [1.82, 2.24) is 4.90 Å². The van der Waals surface area contributed by atoms with E-state index in [0.29, 0.717) is 12.0 Å². The molecule has 1 N–H and O–H groups in total. The van der Waals surface area contributed by atoms with Gasteiger partial charge in [-0.3, -0.25) is 0 Å². The fraction of sp³-hybridized carbons (Fsp3) is 1.00. The van der Waals surface area contributed by atoms with E-state index in [1.54, 1.807) is 0 Å². The number of aliphatic hydroxyl groups is 1. The summed E-state index contributed by atoms with van der Waals surface area (Å²) in [4.78, 5) is 2.59. The molecule has 0 aromatic carbocycles. The number of unbranched alkanes of at least 4 members (excludes halogenated alkanes) is 5. The highest BCUT2D eigenvalue weighted by Crippen LogP contribution is 2.36. The van der Waals surface area contributed by atoms with Crippen molar-refractivity contribution in [2.24, 2.45) is 5.41 Å². The van der Waals surface area contributed by atoms with E-state index in [4.69, 9.17) is 5.11 Å². The number of halogens is 1. The van der Waals surface area contributed by atoms with Crippen LogP contribution in [-0.4, -0.2) is 36.2 Å². The average Bonchev–Trinajstić information content (AvgIpc) is 2.41. The van der Waals surface area contributed by atoms with Crippen LogP contribution in [0.2, 0.25) is 0 Å². The number of aliphatic hydroxyl groups excluding tert-OH is 1. The topological polar surface area (TPSA) is 23.5 Å². The van der Waals surface area contributed by atoms with E-state index in [0.717, 1.165) is 12.8 Å². The van der Waals surface area contributed by atoms with E-state index in [9.17, 15) is 0 Å². The van der Waals surface area contributed by atoms with Crippen LogP contribution in [0.15, 0.2) is 0 Å². The monoisotopic (exact) mass is 305 g/mol. The molecule has 0 aromatic rings. The van der Waals surface area contributed by atoms with E-state index in [-0.39, 0.29) is 12.4 Å². The summed E-state index contributed by atoms with van der Waals surface area (Å²) in [5.74, 6) is 0. The minimum absolute atomic E-state index is 0. The molecular weight excluding hydrogens is 270 g/mol. The van der Waals surface area contributed by atoms with Crippen molar-refractivity contribution < 1.29 is 5.11 Å². The fourth-order valence-electron chi connectivity index (χ4n) is 3.17. The molecule has 1 rings (SSSR count). The van der Waals surface area contributed by atoms with Crippen LogP contribution in [0.25, 0.3) is 0 Å². The number of likely N-dealkylation sites (tertiary alicyclic amines) is 1. The van der Waals surface area contributed by atoms with Gasteiger partial charge in [0.2, 0.25) is 0 Å². The Morgan fingerprint density at radius 1 is 0.950 bits per heavy atom. The van der Waals surface area contributed by atoms with Gasteiger partial charge in [0, 0.05) is 6.61 Å². The molecule has 0 atom stereocenters. The standard InChI is InChI=1S/C17H35NO.ClH/c1-3-4-5-6-7-10-17(2)11-14-18(15-12-17)13-8-9-16-19;/h19H,3-16H2,1-2H3;1H. The number of piperidine rings is 1. The van der Waals surface area contributed by atoms with Crippen LogP contribution >= 0.6 is 12.4 Å². The first-order valence-corrected chi connectivity index (χ1v) is 8.53. The fourth-order valence-corrected chi connectivity index (χ4v) is 3.17. The summed E-state index contributed by atoms with van der Waals surface area (Å²) in [6, 6.07) is 0. The Morgan fingerprint density at radius 3 is 2.20 bits per heavy atom. The average molecular weight is 306 g/mol. The molecule has 0 saturated carbocycles. The van der Waals surface area contributed by atoms with Crippen LogP contribution in [0.3, 0.4) is 0 Å². The lowest BCUT2D eigenvalue weighted by Gasteiger charge is -2.39. The molecule has 0 unspecified atom stereocenters. The van der Waals surface area contributed by atoms with Gasteiger partial charge >= 0.3 is 0 Å². The van der Waals surface area contributed by atoms with E-state index in [2.05, 4.69) is 18.7 Å². The zero-order valence-electron chi connectivity index (χ0n) is 13.7. The quantitative estimate of drug-likeness (QED) is 0.594. The summed E-state index contributed by atoms with van der Waals surface area (Å²) in [5.41, 5.74) is 0.611. The highest BCUT2D eigenvalue weighted by molar-refractivity contribution is 5.85. The van der Waals surface area contributed by atoms with Gasteiger partial charge in [-0.05, 0) is 57.2 Å². The molecular formula is C17H36ClNO. The molecule has 20 heavy (non-hydrogen) atoms. The van der Waals surface area contributed by atoms with Crippen molar-refractivity contribution in [3.05, 3.63) is 0 Å². The Bertz CT molecular complexity index is 215. The predicted molar refractivity (Wildman–Crippen MR) is 90.7 cm³/mol. The van der Waals surface area contributed by atoms with Gasteiger partial charge in [-0.15, -0.1) is 12.4 Å². The molecule has 1 heterocycles.